The monoisotopic (exact) mass is 325 g/mol. The van der Waals surface area contributed by atoms with Gasteiger partial charge in [0.25, 0.3) is 0 Å². The van der Waals surface area contributed by atoms with E-state index in [0.29, 0.717) is 13.0 Å². The van der Waals surface area contributed by atoms with Crippen LogP contribution >= 0.6 is 11.8 Å². The van der Waals surface area contributed by atoms with Gasteiger partial charge in [0.05, 0.1) is 4.90 Å². The lowest BCUT2D eigenvalue weighted by Gasteiger charge is -2.06. The molecule has 0 atom stereocenters. The maximum Gasteiger partial charge on any atom is 0.240 e. The first-order chi connectivity index (χ1) is 10.1. The van der Waals surface area contributed by atoms with Crippen LogP contribution in [0.15, 0.2) is 64.4 Å². The lowest BCUT2D eigenvalue weighted by Crippen LogP contribution is -2.25. The number of benzene rings is 2. The summed E-state index contributed by atoms with van der Waals surface area (Å²) in [6.45, 7) is 0.380. The van der Waals surface area contributed by atoms with Gasteiger partial charge in [0.2, 0.25) is 10.0 Å². The highest BCUT2D eigenvalue weighted by Gasteiger charge is 2.11. The second-order valence-electron chi connectivity index (χ2n) is 4.37. The highest BCUT2D eigenvalue weighted by molar-refractivity contribution is 7.99. The number of sulfonamides is 1. The van der Waals surface area contributed by atoms with Crippen molar-refractivity contribution in [2.24, 2.45) is 0 Å². The van der Waals surface area contributed by atoms with Gasteiger partial charge in [-0.15, -0.1) is 11.8 Å². The van der Waals surface area contributed by atoms with Crippen LogP contribution in [0.5, 0.6) is 0 Å². The van der Waals surface area contributed by atoms with Crippen molar-refractivity contribution in [2.45, 2.75) is 16.2 Å². The van der Waals surface area contributed by atoms with Gasteiger partial charge < -0.3 is 0 Å². The van der Waals surface area contributed by atoms with Crippen LogP contribution in [0.2, 0.25) is 0 Å². The minimum atomic E-state index is -3.42. The van der Waals surface area contributed by atoms with Crippen LogP contribution in [-0.4, -0.2) is 20.7 Å². The van der Waals surface area contributed by atoms with Crippen LogP contribution in [-0.2, 0) is 10.0 Å². The number of rotatable bonds is 7. The van der Waals surface area contributed by atoms with Crippen molar-refractivity contribution in [3.8, 4) is 0 Å². The Labute approximate surface area is 128 Å². The van der Waals surface area contributed by atoms with E-state index >= 15 is 0 Å². The molecule has 0 unspecified atom stereocenters. The third kappa shape index (κ3) is 5.15. The normalized spacial score (nSPS) is 11.5. The predicted molar refractivity (Wildman–Crippen MR) is 83.4 cm³/mol. The van der Waals surface area contributed by atoms with E-state index < -0.39 is 10.0 Å². The molecule has 1 N–H and O–H groups in total. The molecule has 0 saturated carbocycles. The summed E-state index contributed by atoms with van der Waals surface area (Å²) in [5.41, 5.74) is 0. The van der Waals surface area contributed by atoms with E-state index in [0.717, 1.165) is 10.6 Å². The molecule has 0 spiro atoms. The minimum Gasteiger partial charge on any atom is -0.211 e. The number of hydrogen-bond donors (Lipinski definition) is 1. The van der Waals surface area contributed by atoms with E-state index in [4.69, 9.17) is 0 Å². The van der Waals surface area contributed by atoms with Crippen molar-refractivity contribution in [2.75, 3.05) is 12.3 Å². The molecule has 0 heterocycles. The SMILES string of the molecule is O=S(=O)(NCCCSc1ccc(F)cc1)c1ccccc1. The summed E-state index contributed by atoms with van der Waals surface area (Å²) in [5.74, 6) is 0.512. The van der Waals surface area contributed by atoms with Crippen molar-refractivity contribution in [1.29, 1.82) is 0 Å². The number of thioether (sulfide) groups is 1. The second-order valence-corrected chi connectivity index (χ2v) is 7.30. The molecule has 0 aliphatic carbocycles. The average molecular weight is 325 g/mol. The van der Waals surface area contributed by atoms with Crippen LogP contribution in [0.25, 0.3) is 0 Å². The van der Waals surface area contributed by atoms with Gasteiger partial charge in [-0.1, -0.05) is 18.2 Å². The summed E-state index contributed by atoms with van der Waals surface area (Å²) >= 11 is 1.57. The van der Waals surface area contributed by atoms with Crippen molar-refractivity contribution in [3.63, 3.8) is 0 Å². The molecule has 0 bridgehead atoms. The molecule has 6 heteroatoms. The van der Waals surface area contributed by atoms with Crippen LogP contribution < -0.4 is 4.72 Å². The van der Waals surface area contributed by atoms with Gasteiger partial charge in [0, 0.05) is 11.4 Å². The molecule has 0 saturated heterocycles. The van der Waals surface area contributed by atoms with E-state index in [1.54, 1.807) is 54.2 Å². The summed E-state index contributed by atoms with van der Waals surface area (Å²) in [6, 6.07) is 14.6. The highest BCUT2D eigenvalue weighted by Crippen LogP contribution is 2.18. The molecule has 2 aromatic rings. The van der Waals surface area contributed by atoms with Crippen LogP contribution in [0.3, 0.4) is 0 Å². The standard InChI is InChI=1S/C15H16FNO2S2/c16-13-7-9-14(10-8-13)20-12-4-11-17-21(18,19)15-5-2-1-3-6-15/h1-3,5-10,17H,4,11-12H2. The van der Waals surface area contributed by atoms with Gasteiger partial charge in [0.1, 0.15) is 5.82 Å². The molecule has 0 aliphatic heterocycles. The Morgan fingerprint density at radius 1 is 1.00 bits per heavy atom. The lowest BCUT2D eigenvalue weighted by atomic mass is 10.4. The third-order valence-corrected chi connectivity index (χ3v) is 5.32. The maximum atomic E-state index is 12.7. The molecule has 21 heavy (non-hydrogen) atoms. The molecule has 2 rings (SSSR count). The van der Waals surface area contributed by atoms with E-state index in [1.807, 2.05) is 0 Å². The zero-order valence-electron chi connectivity index (χ0n) is 11.3. The van der Waals surface area contributed by atoms with Gasteiger partial charge in [-0.3, -0.25) is 0 Å². The fourth-order valence-corrected chi connectivity index (χ4v) is 3.63. The van der Waals surface area contributed by atoms with Crippen LogP contribution in [0.4, 0.5) is 4.39 Å². The summed E-state index contributed by atoms with van der Waals surface area (Å²) < 4.78 is 39.2. The summed E-state index contributed by atoms with van der Waals surface area (Å²) in [5, 5.41) is 0. The molecule has 0 fully saturated rings. The first-order valence-electron chi connectivity index (χ1n) is 6.51. The molecular formula is C15H16FNO2S2. The fourth-order valence-electron chi connectivity index (χ4n) is 1.68. The van der Waals surface area contributed by atoms with Gasteiger partial charge in [-0.25, -0.2) is 17.5 Å². The lowest BCUT2D eigenvalue weighted by molar-refractivity contribution is 0.581. The van der Waals surface area contributed by atoms with Crippen molar-refractivity contribution < 1.29 is 12.8 Å². The van der Waals surface area contributed by atoms with Gasteiger partial charge in [-0.05, 0) is 48.6 Å². The zero-order valence-corrected chi connectivity index (χ0v) is 13.0. The van der Waals surface area contributed by atoms with Crippen LogP contribution in [0, 0.1) is 5.82 Å². The Balaban J connectivity index is 1.73. The number of hydrogen-bond acceptors (Lipinski definition) is 3. The Kier molecular flexibility index (Phi) is 5.78. The Morgan fingerprint density at radius 2 is 1.67 bits per heavy atom. The zero-order chi connectivity index (χ0) is 15.1. The van der Waals surface area contributed by atoms with E-state index in [9.17, 15) is 12.8 Å². The number of nitrogens with one attached hydrogen (secondary N) is 1. The first-order valence-corrected chi connectivity index (χ1v) is 8.98. The Morgan fingerprint density at radius 3 is 2.33 bits per heavy atom. The van der Waals surface area contributed by atoms with Gasteiger partial charge in [0.15, 0.2) is 0 Å². The van der Waals surface area contributed by atoms with E-state index in [1.165, 1.54) is 12.1 Å². The molecular weight excluding hydrogens is 309 g/mol. The molecule has 0 radical (unpaired) electrons. The largest absolute Gasteiger partial charge is 0.240 e. The third-order valence-electron chi connectivity index (χ3n) is 2.75. The highest BCUT2D eigenvalue weighted by atomic mass is 32.2. The first kappa shape index (κ1) is 16.0. The molecule has 0 amide bonds. The van der Waals surface area contributed by atoms with Crippen LogP contribution in [0.1, 0.15) is 6.42 Å². The summed E-state index contributed by atoms with van der Waals surface area (Å²) in [6.07, 6.45) is 0.702. The predicted octanol–water partition coefficient (Wildman–Crippen LogP) is 3.29. The molecule has 3 nitrogen and oxygen atoms in total. The van der Waals surface area contributed by atoms with E-state index in [2.05, 4.69) is 4.72 Å². The molecule has 112 valence electrons. The Bertz CT molecular complexity index is 658. The molecule has 0 aromatic heterocycles. The fraction of sp³-hybridized carbons (Fsp3) is 0.200. The van der Waals surface area contributed by atoms with E-state index in [-0.39, 0.29) is 10.7 Å². The average Bonchev–Trinajstić information content (AvgIpc) is 2.50. The second kappa shape index (κ2) is 7.59. The van der Waals surface area contributed by atoms with Gasteiger partial charge in [-0.2, -0.15) is 0 Å². The number of halogens is 1. The van der Waals surface area contributed by atoms with Crippen molar-refractivity contribution >= 4 is 21.8 Å². The smallest absolute Gasteiger partial charge is 0.211 e. The Hall–Kier alpha value is -1.37. The summed E-state index contributed by atoms with van der Waals surface area (Å²) in [7, 11) is -3.42. The van der Waals surface area contributed by atoms with Crippen molar-refractivity contribution in [1.82, 2.24) is 4.72 Å². The van der Waals surface area contributed by atoms with Gasteiger partial charge >= 0.3 is 0 Å². The molecule has 0 aliphatic rings. The minimum absolute atomic E-state index is 0.255. The van der Waals surface area contributed by atoms with Crippen molar-refractivity contribution in [3.05, 3.63) is 60.4 Å². The quantitative estimate of drug-likeness (QED) is 0.628. The summed E-state index contributed by atoms with van der Waals surface area (Å²) in [4.78, 5) is 1.25. The topological polar surface area (TPSA) is 46.2 Å². The maximum absolute atomic E-state index is 12.7. The molecule has 2 aromatic carbocycles.